The molecular formula is C21H23NO5. The Hall–Kier alpha value is -2.76. The number of hydrogen-bond donors (Lipinski definition) is 0. The number of carbonyl (C=O) groups excluding carboxylic acids is 4. The van der Waals surface area contributed by atoms with Gasteiger partial charge in [0.05, 0.1) is 11.8 Å². The van der Waals surface area contributed by atoms with E-state index in [2.05, 4.69) is 0 Å². The van der Waals surface area contributed by atoms with Crippen LogP contribution in [0, 0.1) is 25.7 Å². The van der Waals surface area contributed by atoms with Crippen molar-refractivity contribution in [2.75, 3.05) is 6.61 Å². The lowest BCUT2D eigenvalue weighted by molar-refractivity contribution is -0.157. The number of nitrogens with zero attached hydrogens (tertiary/aromatic N) is 1. The van der Waals surface area contributed by atoms with Crippen molar-refractivity contribution >= 4 is 23.6 Å². The van der Waals surface area contributed by atoms with E-state index in [0.717, 1.165) is 16.0 Å². The lowest BCUT2D eigenvalue weighted by Crippen LogP contribution is -2.44. The van der Waals surface area contributed by atoms with Gasteiger partial charge in [-0.2, -0.15) is 0 Å². The molecule has 3 atom stereocenters. The molecule has 1 saturated heterocycles. The Kier molecular flexibility index (Phi) is 5.26. The molecule has 2 amide bonds. The summed E-state index contributed by atoms with van der Waals surface area (Å²) in [7, 11) is 0. The Morgan fingerprint density at radius 1 is 1.11 bits per heavy atom. The first kappa shape index (κ1) is 19.0. The molecule has 0 spiro atoms. The molecule has 1 aromatic carbocycles. The summed E-state index contributed by atoms with van der Waals surface area (Å²) in [6, 6.07) is 4.45. The SMILES string of the molecule is Cc1ccc(C)c(C(=O)COC(=O)[C@H](C)N2C(=O)[C@H]3CC=CC[C@H]3C2=O)c1. The zero-order valence-electron chi connectivity index (χ0n) is 15.7. The Morgan fingerprint density at radius 3 is 2.30 bits per heavy atom. The highest BCUT2D eigenvalue weighted by atomic mass is 16.5. The Bertz CT molecular complexity index is 815. The number of rotatable bonds is 5. The normalized spacial score (nSPS) is 22.6. The molecule has 0 radical (unpaired) electrons. The molecule has 0 aromatic heterocycles. The van der Waals surface area contributed by atoms with E-state index in [-0.39, 0.29) is 17.6 Å². The standard InChI is InChI=1S/C21H23NO5/c1-12-8-9-13(2)17(10-12)18(23)11-27-21(26)14(3)22-19(24)15-6-4-5-7-16(15)20(22)25/h4-5,8-10,14-16H,6-7,11H2,1-3H3/t14-,15-,16+/m0/s1. The zero-order valence-corrected chi connectivity index (χ0v) is 15.7. The number of likely N-dealkylation sites (tertiary alicyclic amines) is 1. The minimum Gasteiger partial charge on any atom is -0.456 e. The van der Waals surface area contributed by atoms with E-state index in [0.29, 0.717) is 18.4 Å². The van der Waals surface area contributed by atoms with E-state index in [4.69, 9.17) is 4.74 Å². The van der Waals surface area contributed by atoms with Crippen LogP contribution in [0.4, 0.5) is 0 Å². The van der Waals surface area contributed by atoms with Crippen molar-refractivity contribution in [1.29, 1.82) is 0 Å². The average molecular weight is 369 g/mol. The fourth-order valence-electron chi connectivity index (χ4n) is 3.68. The van der Waals surface area contributed by atoms with E-state index in [1.165, 1.54) is 6.92 Å². The van der Waals surface area contributed by atoms with E-state index < -0.39 is 30.5 Å². The van der Waals surface area contributed by atoms with Gasteiger partial charge in [0, 0.05) is 5.56 Å². The van der Waals surface area contributed by atoms with E-state index in [1.54, 1.807) is 6.07 Å². The van der Waals surface area contributed by atoms with Crippen LogP contribution in [0.3, 0.4) is 0 Å². The van der Waals surface area contributed by atoms with Crippen LogP contribution in [-0.4, -0.2) is 41.1 Å². The van der Waals surface area contributed by atoms with Crippen molar-refractivity contribution in [1.82, 2.24) is 4.90 Å². The molecule has 27 heavy (non-hydrogen) atoms. The van der Waals surface area contributed by atoms with Crippen LogP contribution >= 0.6 is 0 Å². The van der Waals surface area contributed by atoms with Gasteiger partial charge >= 0.3 is 5.97 Å². The van der Waals surface area contributed by atoms with Crippen molar-refractivity contribution in [3.05, 3.63) is 47.0 Å². The molecule has 1 aliphatic carbocycles. The van der Waals surface area contributed by atoms with Gasteiger partial charge < -0.3 is 4.74 Å². The molecule has 6 heteroatoms. The maximum atomic E-state index is 12.5. The molecule has 0 bridgehead atoms. The van der Waals surface area contributed by atoms with Crippen molar-refractivity contribution in [2.24, 2.45) is 11.8 Å². The highest BCUT2D eigenvalue weighted by molar-refractivity contribution is 6.08. The van der Waals surface area contributed by atoms with Crippen LogP contribution in [0.5, 0.6) is 0 Å². The van der Waals surface area contributed by atoms with Gasteiger partial charge in [-0.05, 0) is 45.2 Å². The van der Waals surface area contributed by atoms with Gasteiger partial charge in [-0.15, -0.1) is 0 Å². The first-order chi connectivity index (χ1) is 12.8. The van der Waals surface area contributed by atoms with Gasteiger partial charge in [0.1, 0.15) is 6.04 Å². The largest absolute Gasteiger partial charge is 0.456 e. The van der Waals surface area contributed by atoms with Crippen LogP contribution in [0.2, 0.25) is 0 Å². The van der Waals surface area contributed by atoms with Crippen LogP contribution in [0.1, 0.15) is 41.3 Å². The van der Waals surface area contributed by atoms with Crippen LogP contribution < -0.4 is 0 Å². The van der Waals surface area contributed by atoms with Crippen molar-refractivity contribution in [3.8, 4) is 0 Å². The quantitative estimate of drug-likeness (QED) is 0.344. The van der Waals surface area contributed by atoms with Gasteiger partial charge in [-0.3, -0.25) is 19.3 Å². The second kappa shape index (κ2) is 7.47. The molecule has 0 saturated carbocycles. The maximum Gasteiger partial charge on any atom is 0.329 e. The van der Waals surface area contributed by atoms with Crippen molar-refractivity contribution < 1.29 is 23.9 Å². The average Bonchev–Trinajstić information content (AvgIpc) is 2.92. The number of fused-ring (bicyclic) bond motifs is 1. The number of ketones is 1. The van der Waals surface area contributed by atoms with Gasteiger partial charge in [0.15, 0.2) is 6.61 Å². The van der Waals surface area contributed by atoms with Crippen molar-refractivity contribution in [2.45, 2.75) is 39.7 Å². The van der Waals surface area contributed by atoms with E-state index in [9.17, 15) is 19.2 Å². The molecule has 0 unspecified atom stereocenters. The minimum atomic E-state index is -1.04. The Balaban J connectivity index is 1.64. The molecule has 1 aliphatic heterocycles. The first-order valence-electron chi connectivity index (χ1n) is 9.10. The predicted molar refractivity (Wildman–Crippen MR) is 97.9 cm³/mol. The third kappa shape index (κ3) is 3.56. The van der Waals surface area contributed by atoms with Gasteiger partial charge in [-0.25, -0.2) is 4.79 Å². The molecular weight excluding hydrogens is 346 g/mol. The van der Waals surface area contributed by atoms with Crippen LogP contribution in [0.15, 0.2) is 30.4 Å². The summed E-state index contributed by atoms with van der Waals surface area (Å²) in [5, 5.41) is 0. The van der Waals surface area contributed by atoms with Gasteiger partial charge in [0.2, 0.25) is 17.6 Å². The second-order valence-corrected chi connectivity index (χ2v) is 7.23. The summed E-state index contributed by atoms with van der Waals surface area (Å²) in [5.74, 6) is -2.52. The van der Waals surface area contributed by atoms with Gasteiger partial charge in [0.25, 0.3) is 0 Å². The summed E-state index contributed by atoms with van der Waals surface area (Å²) in [6.07, 6.45) is 4.81. The summed E-state index contributed by atoms with van der Waals surface area (Å²) >= 11 is 0. The molecule has 2 aliphatic rings. The van der Waals surface area contributed by atoms with Crippen LogP contribution in [-0.2, 0) is 19.1 Å². The third-order valence-electron chi connectivity index (χ3n) is 5.31. The lowest BCUT2D eigenvalue weighted by Gasteiger charge is -2.21. The van der Waals surface area contributed by atoms with Crippen LogP contribution in [0.25, 0.3) is 0 Å². The number of amides is 2. The number of imide groups is 1. The summed E-state index contributed by atoms with van der Waals surface area (Å²) in [4.78, 5) is 50.8. The zero-order chi connectivity index (χ0) is 19.7. The monoisotopic (exact) mass is 369 g/mol. The Morgan fingerprint density at radius 2 is 1.70 bits per heavy atom. The molecule has 6 nitrogen and oxygen atoms in total. The summed E-state index contributed by atoms with van der Waals surface area (Å²) in [6.45, 7) is 4.74. The van der Waals surface area contributed by atoms with E-state index >= 15 is 0 Å². The number of esters is 1. The second-order valence-electron chi connectivity index (χ2n) is 7.23. The summed E-state index contributed by atoms with van der Waals surface area (Å²) < 4.78 is 5.13. The van der Waals surface area contributed by atoms with E-state index in [1.807, 2.05) is 38.1 Å². The predicted octanol–water partition coefficient (Wildman–Crippen LogP) is 2.37. The highest BCUT2D eigenvalue weighted by Gasteiger charge is 2.50. The number of hydrogen-bond acceptors (Lipinski definition) is 5. The number of aryl methyl sites for hydroxylation is 2. The third-order valence-corrected chi connectivity index (χ3v) is 5.31. The lowest BCUT2D eigenvalue weighted by atomic mass is 9.85. The fourth-order valence-corrected chi connectivity index (χ4v) is 3.68. The Labute approximate surface area is 158 Å². The number of carbonyl (C=O) groups is 4. The fraction of sp³-hybridized carbons (Fsp3) is 0.429. The smallest absolute Gasteiger partial charge is 0.329 e. The molecule has 142 valence electrons. The minimum absolute atomic E-state index is 0.311. The molecule has 0 N–H and O–H groups in total. The first-order valence-corrected chi connectivity index (χ1v) is 9.10. The number of benzene rings is 1. The number of ether oxygens (including phenoxy) is 1. The summed E-state index contributed by atoms with van der Waals surface area (Å²) in [5.41, 5.74) is 2.24. The number of allylic oxidation sites excluding steroid dienone is 2. The molecule has 1 fully saturated rings. The maximum absolute atomic E-state index is 12.5. The van der Waals surface area contributed by atoms with Crippen molar-refractivity contribution in [3.63, 3.8) is 0 Å². The molecule has 1 aromatic rings. The number of Topliss-reactive ketones (excluding diaryl/α,β-unsaturated/α-hetero) is 1. The molecule has 3 rings (SSSR count). The highest BCUT2D eigenvalue weighted by Crippen LogP contribution is 2.36. The van der Waals surface area contributed by atoms with Gasteiger partial charge in [-0.1, -0.05) is 29.8 Å². The topological polar surface area (TPSA) is 80.8 Å². The molecule has 1 heterocycles.